The van der Waals surface area contributed by atoms with Crippen LogP contribution in [0.15, 0.2) is 47.2 Å². The Kier molecular flexibility index (Phi) is 7.04. The predicted octanol–water partition coefficient (Wildman–Crippen LogP) is 3.20. The fourth-order valence-electron chi connectivity index (χ4n) is 4.77. The van der Waals surface area contributed by atoms with Crippen molar-refractivity contribution < 1.29 is 23.6 Å². The molecule has 216 valence electrons. The lowest BCUT2D eigenvalue weighted by Crippen LogP contribution is -2.55. The molecular weight excluding hydrogens is 542 g/mol. The molecule has 0 saturated carbocycles. The van der Waals surface area contributed by atoms with Crippen LogP contribution in [0.25, 0.3) is 22.2 Å². The normalized spacial score (nSPS) is 13.6. The second-order valence-corrected chi connectivity index (χ2v) is 10.1. The molecule has 0 bridgehead atoms. The van der Waals surface area contributed by atoms with Gasteiger partial charge < -0.3 is 29.6 Å². The van der Waals surface area contributed by atoms with Gasteiger partial charge in [0, 0.05) is 55.2 Å². The number of aromatic amines is 1. The molecule has 42 heavy (non-hydrogen) atoms. The summed E-state index contributed by atoms with van der Waals surface area (Å²) in [5.74, 6) is 0.500. The number of rotatable bonds is 9. The summed E-state index contributed by atoms with van der Waals surface area (Å²) >= 11 is 0. The number of para-hydroxylation sites is 1. The lowest BCUT2D eigenvalue weighted by Gasteiger charge is -2.37. The zero-order chi connectivity index (χ0) is 29.4. The largest absolute Gasteiger partial charge is 0.469 e. The van der Waals surface area contributed by atoms with Gasteiger partial charge in [0.2, 0.25) is 17.6 Å². The number of ether oxygens (including phenoxy) is 2. The molecule has 1 aliphatic heterocycles. The molecule has 0 unspecified atom stereocenters. The minimum Gasteiger partial charge on any atom is -0.469 e. The highest BCUT2D eigenvalue weighted by molar-refractivity contribution is 6.06. The molecule has 6 rings (SSSR count). The van der Waals surface area contributed by atoms with E-state index >= 15 is 0 Å². The SMILES string of the molecule is COC(=O)c1cc(OC2CN(CC(=O)Nc3cccc4c(-c5nc(Nc6cc(C)n(C)n6)ncc5C)c[nH]c34)C2)no1. The van der Waals surface area contributed by atoms with E-state index in [1.54, 1.807) is 10.9 Å². The molecule has 3 N–H and O–H groups in total. The van der Waals surface area contributed by atoms with Crippen LogP contribution in [-0.2, 0) is 16.6 Å². The summed E-state index contributed by atoms with van der Waals surface area (Å²) in [6.45, 7) is 5.20. The summed E-state index contributed by atoms with van der Waals surface area (Å²) < 4.78 is 17.0. The van der Waals surface area contributed by atoms with Crippen molar-refractivity contribution in [1.29, 1.82) is 0 Å². The molecule has 1 aromatic carbocycles. The van der Waals surface area contributed by atoms with Crippen molar-refractivity contribution in [2.45, 2.75) is 20.0 Å². The molecule has 1 aliphatic rings. The summed E-state index contributed by atoms with van der Waals surface area (Å²) in [4.78, 5) is 38.8. The third kappa shape index (κ3) is 5.39. The van der Waals surface area contributed by atoms with E-state index < -0.39 is 5.97 Å². The zero-order valence-electron chi connectivity index (χ0n) is 23.5. The van der Waals surface area contributed by atoms with E-state index in [0.29, 0.717) is 30.5 Å². The molecule has 4 aromatic heterocycles. The van der Waals surface area contributed by atoms with E-state index in [9.17, 15) is 9.59 Å². The lowest BCUT2D eigenvalue weighted by molar-refractivity contribution is -0.119. The molecule has 0 aliphatic carbocycles. The molecule has 1 fully saturated rings. The first-order chi connectivity index (χ1) is 20.3. The van der Waals surface area contributed by atoms with Gasteiger partial charge in [-0.3, -0.25) is 14.4 Å². The second-order valence-electron chi connectivity index (χ2n) is 10.1. The van der Waals surface area contributed by atoms with E-state index in [-0.39, 0.29) is 30.2 Å². The van der Waals surface area contributed by atoms with Crippen LogP contribution in [0.4, 0.5) is 17.5 Å². The maximum absolute atomic E-state index is 12.9. The number of likely N-dealkylation sites (tertiary alicyclic amines) is 1. The number of hydrogen-bond donors (Lipinski definition) is 3. The quantitative estimate of drug-likeness (QED) is 0.222. The van der Waals surface area contributed by atoms with Gasteiger partial charge >= 0.3 is 5.97 Å². The van der Waals surface area contributed by atoms with Crippen LogP contribution in [0.2, 0.25) is 0 Å². The predicted molar refractivity (Wildman–Crippen MR) is 153 cm³/mol. The van der Waals surface area contributed by atoms with Gasteiger partial charge in [0.1, 0.15) is 6.10 Å². The van der Waals surface area contributed by atoms with E-state index in [4.69, 9.17) is 14.2 Å². The molecule has 0 spiro atoms. The topological polar surface area (TPSA) is 165 Å². The number of nitrogens with one attached hydrogen (secondary N) is 3. The van der Waals surface area contributed by atoms with Crippen LogP contribution in [0.1, 0.15) is 21.8 Å². The van der Waals surface area contributed by atoms with E-state index in [1.165, 1.54) is 13.2 Å². The maximum atomic E-state index is 12.9. The van der Waals surface area contributed by atoms with Gasteiger partial charge in [0.25, 0.3) is 5.88 Å². The van der Waals surface area contributed by atoms with E-state index in [0.717, 1.165) is 33.4 Å². The summed E-state index contributed by atoms with van der Waals surface area (Å²) in [6, 6.07) is 9.05. The average molecular weight is 572 g/mol. The first-order valence-corrected chi connectivity index (χ1v) is 13.2. The first-order valence-electron chi connectivity index (χ1n) is 13.2. The number of anilines is 3. The number of aryl methyl sites for hydroxylation is 3. The Morgan fingerprint density at radius 2 is 2.05 bits per heavy atom. The summed E-state index contributed by atoms with van der Waals surface area (Å²) in [5, 5.41) is 15.2. The standard InChI is InChI=1S/C28H29N9O5/c1-15-10-30-28(32-22-8-16(2)36(3)34-22)33-25(15)19-11-29-26-18(19)6-5-7-20(26)31-23(38)14-37-12-17(13-37)41-24-9-21(42-35-24)27(39)40-4/h5-11,17,29H,12-14H2,1-4H3,(H,31,38)(H,30,32,33,34). The number of amides is 1. The van der Waals surface area contributed by atoms with Gasteiger partial charge in [-0.1, -0.05) is 12.1 Å². The van der Waals surface area contributed by atoms with Gasteiger partial charge in [0.15, 0.2) is 5.82 Å². The highest BCUT2D eigenvalue weighted by Gasteiger charge is 2.31. The zero-order valence-corrected chi connectivity index (χ0v) is 23.5. The molecule has 14 heteroatoms. The number of aromatic nitrogens is 6. The van der Waals surface area contributed by atoms with Crippen LogP contribution >= 0.6 is 0 Å². The Bertz CT molecular complexity index is 1760. The molecule has 5 aromatic rings. The second kappa shape index (κ2) is 11.0. The Morgan fingerprint density at radius 1 is 1.21 bits per heavy atom. The van der Waals surface area contributed by atoms with Crippen LogP contribution in [0.5, 0.6) is 5.88 Å². The maximum Gasteiger partial charge on any atom is 0.377 e. The van der Waals surface area contributed by atoms with Crippen molar-refractivity contribution in [1.82, 2.24) is 34.8 Å². The molecule has 0 atom stereocenters. The Hall–Kier alpha value is -5.24. The van der Waals surface area contributed by atoms with E-state index in [1.807, 2.05) is 56.3 Å². The number of nitrogens with zero attached hydrogens (tertiary/aromatic N) is 6. The Balaban J connectivity index is 1.10. The number of H-pyrrole nitrogens is 1. The van der Waals surface area contributed by atoms with Crippen molar-refractivity contribution in [2.75, 3.05) is 37.4 Å². The average Bonchev–Trinajstić information content (AvgIpc) is 3.67. The number of methoxy groups -OCH3 is 1. The van der Waals surface area contributed by atoms with Crippen molar-refractivity contribution in [2.24, 2.45) is 7.05 Å². The molecular formula is C28H29N9O5. The lowest BCUT2D eigenvalue weighted by atomic mass is 10.1. The number of carbonyl (C=O) groups excluding carboxylic acids is 2. The monoisotopic (exact) mass is 571 g/mol. The van der Waals surface area contributed by atoms with Crippen LogP contribution in [0.3, 0.4) is 0 Å². The minimum absolute atomic E-state index is 0.0313. The molecule has 0 radical (unpaired) electrons. The van der Waals surface area contributed by atoms with Crippen LogP contribution in [-0.4, -0.2) is 79.5 Å². The van der Waals surface area contributed by atoms with Crippen molar-refractivity contribution in [3.05, 3.63) is 59.7 Å². The van der Waals surface area contributed by atoms with Crippen molar-refractivity contribution in [3.63, 3.8) is 0 Å². The van der Waals surface area contributed by atoms with Crippen molar-refractivity contribution >= 4 is 40.2 Å². The van der Waals surface area contributed by atoms with Gasteiger partial charge in [0.05, 0.1) is 36.6 Å². The van der Waals surface area contributed by atoms with Gasteiger partial charge in [-0.25, -0.2) is 14.8 Å². The van der Waals surface area contributed by atoms with Gasteiger partial charge in [-0.05, 0) is 30.6 Å². The summed E-state index contributed by atoms with van der Waals surface area (Å²) in [5.41, 5.74) is 5.06. The molecule has 1 amide bonds. The Labute approximate surface area is 240 Å². The number of hydrogen-bond acceptors (Lipinski definition) is 11. The molecule has 14 nitrogen and oxygen atoms in total. The van der Waals surface area contributed by atoms with Crippen molar-refractivity contribution in [3.8, 4) is 17.1 Å². The third-order valence-corrected chi connectivity index (χ3v) is 7.02. The molecule has 5 heterocycles. The third-order valence-electron chi connectivity index (χ3n) is 7.02. The minimum atomic E-state index is -0.627. The fraction of sp³-hybridized carbons (Fsp3) is 0.286. The number of carbonyl (C=O) groups is 2. The molecule has 1 saturated heterocycles. The van der Waals surface area contributed by atoms with Crippen LogP contribution < -0.4 is 15.4 Å². The highest BCUT2D eigenvalue weighted by atomic mass is 16.6. The van der Waals surface area contributed by atoms with Crippen LogP contribution in [0, 0.1) is 13.8 Å². The number of esters is 1. The van der Waals surface area contributed by atoms with E-state index in [2.05, 4.69) is 35.6 Å². The number of benzene rings is 1. The Morgan fingerprint density at radius 3 is 2.81 bits per heavy atom. The summed E-state index contributed by atoms with van der Waals surface area (Å²) in [6.07, 6.45) is 3.49. The fourth-order valence-corrected chi connectivity index (χ4v) is 4.77. The summed E-state index contributed by atoms with van der Waals surface area (Å²) in [7, 11) is 3.14. The van der Waals surface area contributed by atoms with Gasteiger partial charge in [-0.15, -0.1) is 0 Å². The smallest absolute Gasteiger partial charge is 0.377 e. The number of fused-ring (bicyclic) bond motifs is 1. The highest BCUT2D eigenvalue weighted by Crippen LogP contribution is 2.33. The first kappa shape index (κ1) is 27.0. The van der Waals surface area contributed by atoms with Gasteiger partial charge in [-0.2, -0.15) is 5.10 Å².